The summed E-state index contributed by atoms with van der Waals surface area (Å²) in [5, 5.41) is 12.3. The molecule has 0 spiro atoms. The zero-order valence-corrected chi connectivity index (χ0v) is 11.2. The standard InChI is InChI=1S/C14H24N2O2/c1-16(14(6-13(17)18)8-15-9-14)7-12-5-10-2-3-11(12)4-10/h10-12,15H,2-9H2,1H3,(H,17,18). The van der Waals surface area contributed by atoms with Gasteiger partial charge in [-0.25, -0.2) is 0 Å². The number of nitrogens with zero attached hydrogens (tertiary/aromatic N) is 1. The quantitative estimate of drug-likeness (QED) is 0.771. The molecular weight excluding hydrogens is 228 g/mol. The Bertz CT molecular complexity index is 341. The lowest BCUT2D eigenvalue weighted by molar-refractivity contribution is -0.141. The van der Waals surface area contributed by atoms with Crippen molar-refractivity contribution in [1.29, 1.82) is 0 Å². The number of hydrogen-bond acceptors (Lipinski definition) is 3. The van der Waals surface area contributed by atoms with Gasteiger partial charge in [-0.2, -0.15) is 0 Å². The molecular formula is C14H24N2O2. The van der Waals surface area contributed by atoms with E-state index >= 15 is 0 Å². The first-order valence-electron chi connectivity index (χ1n) is 7.23. The highest BCUT2D eigenvalue weighted by molar-refractivity contribution is 5.68. The topological polar surface area (TPSA) is 52.6 Å². The Kier molecular flexibility index (Phi) is 3.10. The highest BCUT2D eigenvalue weighted by Crippen LogP contribution is 2.48. The van der Waals surface area contributed by atoms with E-state index in [0.29, 0.717) is 0 Å². The van der Waals surface area contributed by atoms with E-state index < -0.39 is 5.97 Å². The van der Waals surface area contributed by atoms with Gasteiger partial charge in [0.1, 0.15) is 0 Å². The molecule has 0 aromatic heterocycles. The summed E-state index contributed by atoms with van der Waals surface area (Å²) >= 11 is 0. The number of aliphatic carboxylic acids is 1. The molecule has 4 nitrogen and oxygen atoms in total. The molecule has 2 N–H and O–H groups in total. The van der Waals surface area contributed by atoms with E-state index in [9.17, 15) is 4.79 Å². The van der Waals surface area contributed by atoms with Crippen LogP contribution in [0.5, 0.6) is 0 Å². The number of carbonyl (C=O) groups is 1. The third-order valence-electron chi connectivity index (χ3n) is 5.59. The zero-order chi connectivity index (χ0) is 12.8. The van der Waals surface area contributed by atoms with Gasteiger partial charge < -0.3 is 10.4 Å². The molecule has 3 fully saturated rings. The fraction of sp³-hybridized carbons (Fsp3) is 0.929. The lowest BCUT2D eigenvalue weighted by Gasteiger charge is -2.49. The monoisotopic (exact) mass is 252 g/mol. The van der Waals surface area contributed by atoms with Crippen molar-refractivity contribution in [3.63, 3.8) is 0 Å². The van der Waals surface area contributed by atoms with Gasteiger partial charge in [0.15, 0.2) is 0 Å². The van der Waals surface area contributed by atoms with Crippen LogP contribution < -0.4 is 5.32 Å². The molecule has 0 aromatic rings. The van der Waals surface area contributed by atoms with Gasteiger partial charge in [0.2, 0.25) is 0 Å². The van der Waals surface area contributed by atoms with Crippen LogP contribution in [0.2, 0.25) is 0 Å². The number of hydrogen-bond donors (Lipinski definition) is 2. The minimum atomic E-state index is -0.670. The van der Waals surface area contributed by atoms with Gasteiger partial charge in [-0.3, -0.25) is 9.69 Å². The van der Waals surface area contributed by atoms with Crippen molar-refractivity contribution in [2.75, 3.05) is 26.7 Å². The number of fused-ring (bicyclic) bond motifs is 2. The summed E-state index contributed by atoms with van der Waals surface area (Å²) in [6.07, 6.45) is 5.94. The average Bonchev–Trinajstić information content (AvgIpc) is 2.84. The first kappa shape index (κ1) is 12.4. The minimum absolute atomic E-state index is 0.117. The molecule has 102 valence electrons. The molecule has 4 heteroatoms. The maximum absolute atomic E-state index is 11.0. The predicted octanol–water partition coefficient (Wildman–Crippen LogP) is 1.17. The Labute approximate surface area is 109 Å². The molecule has 0 amide bonds. The highest BCUT2D eigenvalue weighted by atomic mass is 16.4. The van der Waals surface area contributed by atoms with Crippen molar-refractivity contribution in [2.45, 2.75) is 37.6 Å². The van der Waals surface area contributed by atoms with Crippen LogP contribution in [0.25, 0.3) is 0 Å². The molecule has 2 aliphatic carbocycles. The van der Waals surface area contributed by atoms with Crippen LogP contribution in [0.4, 0.5) is 0 Å². The molecule has 18 heavy (non-hydrogen) atoms. The van der Waals surface area contributed by atoms with Crippen LogP contribution >= 0.6 is 0 Å². The molecule has 2 bridgehead atoms. The second-order valence-electron chi connectivity index (χ2n) is 6.71. The molecule has 1 heterocycles. The van der Waals surface area contributed by atoms with Crippen LogP contribution in [-0.4, -0.2) is 48.2 Å². The normalized spacial score (nSPS) is 36.9. The van der Waals surface area contributed by atoms with E-state index in [2.05, 4.69) is 17.3 Å². The van der Waals surface area contributed by atoms with Crippen molar-refractivity contribution >= 4 is 5.97 Å². The average molecular weight is 252 g/mol. The molecule has 3 aliphatic rings. The molecule has 1 aliphatic heterocycles. The highest BCUT2D eigenvalue weighted by Gasteiger charge is 2.46. The summed E-state index contributed by atoms with van der Waals surface area (Å²) in [7, 11) is 2.12. The summed E-state index contributed by atoms with van der Waals surface area (Å²) in [5.74, 6) is 2.05. The molecule has 0 radical (unpaired) electrons. The molecule has 1 saturated heterocycles. The van der Waals surface area contributed by atoms with Gasteiger partial charge in [-0.05, 0) is 44.1 Å². The summed E-state index contributed by atoms with van der Waals surface area (Å²) in [6.45, 7) is 2.75. The molecule has 3 atom stereocenters. The lowest BCUT2D eigenvalue weighted by atomic mass is 9.83. The third kappa shape index (κ3) is 2.05. The fourth-order valence-electron chi connectivity index (χ4n) is 4.37. The maximum Gasteiger partial charge on any atom is 0.305 e. The Morgan fingerprint density at radius 2 is 2.17 bits per heavy atom. The summed E-state index contributed by atoms with van der Waals surface area (Å²) in [6, 6.07) is 0. The van der Waals surface area contributed by atoms with Gasteiger partial charge in [0.05, 0.1) is 12.0 Å². The number of nitrogens with one attached hydrogen (secondary N) is 1. The smallest absolute Gasteiger partial charge is 0.305 e. The van der Waals surface area contributed by atoms with E-state index in [1.54, 1.807) is 0 Å². The second-order valence-corrected chi connectivity index (χ2v) is 6.71. The lowest BCUT2D eigenvalue weighted by Crippen LogP contribution is -2.69. The van der Waals surface area contributed by atoms with Crippen LogP contribution in [-0.2, 0) is 4.79 Å². The number of carboxylic acid groups (broad SMARTS) is 1. The minimum Gasteiger partial charge on any atom is -0.481 e. The number of rotatable bonds is 5. The van der Waals surface area contributed by atoms with Gasteiger partial charge >= 0.3 is 5.97 Å². The van der Waals surface area contributed by atoms with E-state index in [4.69, 9.17) is 5.11 Å². The summed E-state index contributed by atoms with van der Waals surface area (Å²) < 4.78 is 0. The molecule has 3 rings (SSSR count). The van der Waals surface area contributed by atoms with Crippen molar-refractivity contribution < 1.29 is 9.90 Å². The van der Waals surface area contributed by atoms with Gasteiger partial charge in [0.25, 0.3) is 0 Å². The number of carboxylic acids is 1. The van der Waals surface area contributed by atoms with Crippen LogP contribution in [0, 0.1) is 17.8 Å². The van der Waals surface area contributed by atoms with E-state index in [1.165, 1.54) is 25.7 Å². The number of likely N-dealkylation sites (N-methyl/N-ethyl adjacent to an activating group) is 1. The van der Waals surface area contributed by atoms with Gasteiger partial charge in [-0.15, -0.1) is 0 Å². The largest absolute Gasteiger partial charge is 0.481 e. The second kappa shape index (κ2) is 4.49. The van der Waals surface area contributed by atoms with E-state index in [1.807, 2.05) is 0 Å². The van der Waals surface area contributed by atoms with Crippen molar-refractivity contribution in [2.24, 2.45) is 17.8 Å². The third-order valence-corrected chi connectivity index (χ3v) is 5.59. The SMILES string of the molecule is CN(CC1CC2CCC1C2)C1(CC(=O)O)CNC1. The molecule has 3 unspecified atom stereocenters. The van der Waals surface area contributed by atoms with E-state index in [0.717, 1.165) is 37.4 Å². The van der Waals surface area contributed by atoms with Crippen molar-refractivity contribution in [3.05, 3.63) is 0 Å². The zero-order valence-electron chi connectivity index (χ0n) is 11.2. The fourth-order valence-corrected chi connectivity index (χ4v) is 4.37. The molecule has 2 saturated carbocycles. The van der Waals surface area contributed by atoms with Crippen LogP contribution in [0.15, 0.2) is 0 Å². The Hall–Kier alpha value is -0.610. The maximum atomic E-state index is 11.0. The van der Waals surface area contributed by atoms with Gasteiger partial charge in [-0.1, -0.05) is 6.42 Å². The molecule has 0 aromatic carbocycles. The first-order chi connectivity index (χ1) is 8.59. The summed E-state index contributed by atoms with van der Waals surface area (Å²) in [4.78, 5) is 13.4. The van der Waals surface area contributed by atoms with E-state index in [-0.39, 0.29) is 12.0 Å². The van der Waals surface area contributed by atoms with Crippen molar-refractivity contribution in [3.8, 4) is 0 Å². The first-order valence-corrected chi connectivity index (χ1v) is 7.23. The van der Waals surface area contributed by atoms with Crippen LogP contribution in [0.3, 0.4) is 0 Å². The van der Waals surface area contributed by atoms with Crippen molar-refractivity contribution in [1.82, 2.24) is 10.2 Å². The Morgan fingerprint density at radius 1 is 1.39 bits per heavy atom. The Balaban J connectivity index is 1.60. The van der Waals surface area contributed by atoms with Gasteiger partial charge in [0, 0.05) is 19.6 Å². The Morgan fingerprint density at radius 3 is 2.61 bits per heavy atom. The predicted molar refractivity (Wildman–Crippen MR) is 69.4 cm³/mol. The summed E-state index contributed by atoms with van der Waals surface area (Å²) in [5.41, 5.74) is -0.117. The van der Waals surface area contributed by atoms with Crippen LogP contribution in [0.1, 0.15) is 32.1 Å².